The summed E-state index contributed by atoms with van der Waals surface area (Å²) in [7, 11) is 0. The fourth-order valence-electron chi connectivity index (χ4n) is 2.56. The first-order valence-corrected chi connectivity index (χ1v) is 7.74. The van der Waals surface area contributed by atoms with E-state index in [0.29, 0.717) is 17.2 Å². The number of hydrogen-bond donors (Lipinski definition) is 2. The smallest absolute Gasteiger partial charge is 0.273 e. The summed E-state index contributed by atoms with van der Waals surface area (Å²) in [6.45, 7) is 1.74. The highest BCUT2D eigenvalue weighted by Crippen LogP contribution is 2.21. The maximum Gasteiger partial charge on any atom is 0.273 e. The zero-order chi connectivity index (χ0) is 16.9. The predicted octanol–water partition coefficient (Wildman–Crippen LogP) is 1.58. The van der Waals surface area contributed by atoms with Gasteiger partial charge >= 0.3 is 0 Å². The van der Waals surface area contributed by atoms with Crippen LogP contribution >= 0.6 is 0 Å². The second-order valence-electron chi connectivity index (χ2n) is 5.54. The number of carbonyl (C=O) groups excluding carboxylic acids is 1. The number of benzene rings is 1. The Morgan fingerprint density at radius 2 is 1.88 bits per heavy atom. The lowest BCUT2D eigenvalue weighted by molar-refractivity contribution is 0.0995. The number of nitrogens with two attached hydrogens (primary N) is 1. The van der Waals surface area contributed by atoms with Crippen LogP contribution in [0, 0.1) is 11.3 Å². The molecule has 1 fully saturated rings. The number of rotatable bonds is 4. The van der Waals surface area contributed by atoms with Gasteiger partial charge in [0.2, 0.25) is 5.95 Å². The molecule has 122 valence electrons. The second-order valence-corrected chi connectivity index (χ2v) is 5.54. The first-order valence-electron chi connectivity index (χ1n) is 7.74. The highest BCUT2D eigenvalue weighted by Gasteiger charge is 2.19. The lowest BCUT2D eigenvalue weighted by atomic mass is 10.1. The normalized spacial score (nSPS) is 14.0. The molecule has 1 aliphatic heterocycles. The summed E-state index contributed by atoms with van der Waals surface area (Å²) in [6, 6.07) is 8.86. The van der Waals surface area contributed by atoms with Crippen molar-refractivity contribution in [2.75, 3.05) is 23.3 Å². The van der Waals surface area contributed by atoms with Gasteiger partial charge in [-0.25, -0.2) is 0 Å². The fraction of sp³-hybridized carbons (Fsp3) is 0.312. The molecule has 2 aromatic rings. The average Bonchev–Trinajstić information content (AvgIpc) is 2.63. The molecule has 1 aromatic heterocycles. The highest BCUT2D eigenvalue weighted by molar-refractivity contribution is 5.96. The summed E-state index contributed by atoms with van der Waals surface area (Å²) in [4.78, 5) is 18.1. The maximum atomic E-state index is 11.6. The van der Waals surface area contributed by atoms with Gasteiger partial charge in [0.1, 0.15) is 0 Å². The Bertz CT molecular complexity index is 776. The number of anilines is 3. The lowest BCUT2D eigenvalue weighted by Gasteiger charge is -2.26. The van der Waals surface area contributed by atoms with Crippen LogP contribution in [-0.4, -0.2) is 34.2 Å². The highest BCUT2D eigenvalue weighted by atomic mass is 16.1. The monoisotopic (exact) mass is 323 g/mol. The second kappa shape index (κ2) is 6.91. The number of amides is 1. The summed E-state index contributed by atoms with van der Waals surface area (Å²) in [5.74, 6) is 0.0509. The minimum absolute atomic E-state index is 0.0138. The third kappa shape index (κ3) is 3.41. The summed E-state index contributed by atoms with van der Waals surface area (Å²) in [5.41, 5.74) is 6.58. The Morgan fingerprint density at radius 1 is 1.17 bits per heavy atom. The number of hydrogen-bond acceptors (Lipinski definition) is 7. The number of primary amides is 1. The Morgan fingerprint density at radius 3 is 2.50 bits per heavy atom. The molecule has 2 heterocycles. The van der Waals surface area contributed by atoms with E-state index < -0.39 is 5.91 Å². The minimum atomic E-state index is -0.698. The third-order valence-electron chi connectivity index (χ3n) is 3.82. The van der Waals surface area contributed by atoms with Gasteiger partial charge in [0.05, 0.1) is 11.6 Å². The molecular weight excluding hydrogens is 306 g/mol. The van der Waals surface area contributed by atoms with E-state index in [-0.39, 0.29) is 11.5 Å². The van der Waals surface area contributed by atoms with Crippen LogP contribution in [-0.2, 0) is 0 Å². The van der Waals surface area contributed by atoms with Gasteiger partial charge in [-0.05, 0) is 43.5 Å². The van der Waals surface area contributed by atoms with Crippen LogP contribution in [0.15, 0.2) is 24.3 Å². The standard InChI is InChI=1S/C16H17N7O/c17-10-11-4-6-12(7-5-11)19-15-13(14(18)24)21-22-16(20-15)23-8-2-1-3-9-23/h4-7H,1-3,8-9H2,(H2,18,24)(H,19,20,22). The average molecular weight is 323 g/mol. The number of nitriles is 1. The molecule has 3 N–H and O–H groups in total. The molecular formula is C16H17N7O. The van der Waals surface area contributed by atoms with E-state index >= 15 is 0 Å². The number of carbonyl (C=O) groups is 1. The summed E-state index contributed by atoms with van der Waals surface area (Å²) in [6.07, 6.45) is 3.36. The first kappa shape index (κ1) is 15.7. The number of nitrogens with zero attached hydrogens (tertiary/aromatic N) is 5. The molecule has 24 heavy (non-hydrogen) atoms. The van der Waals surface area contributed by atoms with Gasteiger partial charge in [-0.15, -0.1) is 10.2 Å². The molecule has 3 rings (SSSR count). The van der Waals surface area contributed by atoms with Crippen LogP contribution in [0.5, 0.6) is 0 Å². The fourth-order valence-corrected chi connectivity index (χ4v) is 2.56. The van der Waals surface area contributed by atoms with Crippen molar-refractivity contribution in [2.45, 2.75) is 19.3 Å². The summed E-state index contributed by atoms with van der Waals surface area (Å²) in [5, 5.41) is 19.9. The van der Waals surface area contributed by atoms with E-state index in [2.05, 4.69) is 26.6 Å². The van der Waals surface area contributed by atoms with Crippen LogP contribution < -0.4 is 16.0 Å². The van der Waals surface area contributed by atoms with Crippen LogP contribution in [0.3, 0.4) is 0 Å². The molecule has 0 spiro atoms. The maximum absolute atomic E-state index is 11.6. The number of aromatic nitrogens is 3. The van der Waals surface area contributed by atoms with Crippen LogP contribution in [0.2, 0.25) is 0 Å². The molecule has 1 aromatic carbocycles. The van der Waals surface area contributed by atoms with Crippen molar-refractivity contribution in [3.05, 3.63) is 35.5 Å². The molecule has 8 heteroatoms. The van der Waals surface area contributed by atoms with E-state index in [9.17, 15) is 4.79 Å². The SMILES string of the molecule is N#Cc1ccc(Nc2nc(N3CCCCC3)nnc2C(N)=O)cc1. The van der Waals surface area contributed by atoms with Gasteiger partial charge in [-0.2, -0.15) is 10.2 Å². The molecule has 1 aliphatic rings. The molecule has 1 amide bonds. The molecule has 0 aliphatic carbocycles. The quantitative estimate of drug-likeness (QED) is 0.876. The van der Waals surface area contributed by atoms with Gasteiger partial charge in [-0.1, -0.05) is 0 Å². The van der Waals surface area contributed by atoms with Crippen molar-refractivity contribution < 1.29 is 4.79 Å². The van der Waals surface area contributed by atoms with E-state index in [1.165, 1.54) is 6.42 Å². The Balaban J connectivity index is 1.90. The van der Waals surface area contributed by atoms with Crippen molar-refractivity contribution in [1.82, 2.24) is 15.2 Å². The summed E-state index contributed by atoms with van der Waals surface area (Å²) < 4.78 is 0. The largest absolute Gasteiger partial charge is 0.364 e. The molecule has 1 saturated heterocycles. The zero-order valence-electron chi connectivity index (χ0n) is 13.1. The van der Waals surface area contributed by atoms with Crippen LogP contribution in [0.4, 0.5) is 17.5 Å². The Labute approximate surface area is 139 Å². The van der Waals surface area contributed by atoms with Crippen LogP contribution in [0.1, 0.15) is 35.3 Å². The molecule has 8 nitrogen and oxygen atoms in total. The van der Waals surface area contributed by atoms with Crippen molar-refractivity contribution in [2.24, 2.45) is 5.73 Å². The Hall–Kier alpha value is -3.21. The van der Waals surface area contributed by atoms with E-state index in [1.807, 2.05) is 4.90 Å². The van der Waals surface area contributed by atoms with E-state index in [0.717, 1.165) is 25.9 Å². The lowest BCUT2D eigenvalue weighted by Crippen LogP contribution is -2.32. The van der Waals surface area contributed by atoms with E-state index in [1.54, 1.807) is 24.3 Å². The molecule has 0 atom stereocenters. The van der Waals surface area contributed by atoms with Gasteiger partial charge in [0, 0.05) is 18.8 Å². The molecule has 0 bridgehead atoms. The molecule has 0 saturated carbocycles. The number of piperidine rings is 1. The van der Waals surface area contributed by atoms with Crippen molar-refractivity contribution in [3.63, 3.8) is 0 Å². The van der Waals surface area contributed by atoms with Crippen molar-refractivity contribution in [1.29, 1.82) is 5.26 Å². The van der Waals surface area contributed by atoms with Gasteiger partial charge in [-0.3, -0.25) is 4.79 Å². The minimum Gasteiger partial charge on any atom is -0.364 e. The zero-order valence-corrected chi connectivity index (χ0v) is 13.1. The first-order chi connectivity index (χ1) is 11.7. The van der Waals surface area contributed by atoms with Crippen molar-refractivity contribution in [3.8, 4) is 6.07 Å². The third-order valence-corrected chi connectivity index (χ3v) is 3.82. The molecule has 0 unspecified atom stereocenters. The molecule has 0 radical (unpaired) electrons. The van der Waals surface area contributed by atoms with E-state index in [4.69, 9.17) is 11.0 Å². The van der Waals surface area contributed by atoms with Crippen LogP contribution in [0.25, 0.3) is 0 Å². The van der Waals surface area contributed by atoms with Gasteiger partial charge in [0.15, 0.2) is 11.5 Å². The topological polar surface area (TPSA) is 121 Å². The van der Waals surface area contributed by atoms with Gasteiger partial charge < -0.3 is 16.0 Å². The number of nitrogens with one attached hydrogen (secondary N) is 1. The summed E-state index contributed by atoms with van der Waals surface area (Å²) >= 11 is 0. The van der Waals surface area contributed by atoms with Gasteiger partial charge in [0.25, 0.3) is 5.91 Å². The Kier molecular flexibility index (Phi) is 4.52. The van der Waals surface area contributed by atoms with Crippen molar-refractivity contribution >= 4 is 23.4 Å². The predicted molar refractivity (Wildman–Crippen MR) is 88.8 cm³/mol.